The van der Waals surface area contributed by atoms with E-state index in [0.717, 1.165) is 37.9 Å². The number of hydrogen-bond donors (Lipinski definition) is 3. The molecule has 36 heavy (non-hydrogen) atoms. The topological polar surface area (TPSA) is 110 Å². The summed E-state index contributed by atoms with van der Waals surface area (Å²) in [6.45, 7) is 1.60. The van der Waals surface area contributed by atoms with Gasteiger partial charge in [-0.15, -0.1) is 0 Å². The molecule has 2 aromatic carbocycles. The first-order chi connectivity index (χ1) is 17.3. The molecular formula is C25H24AsClF2N5O2. The summed E-state index contributed by atoms with van der Waals surface area (Å²) < 4.78 is 28.0. The Balaban J connectivity index is 1.50. The van der Waals surface area contributed by atoms with Crippen LogP contribution in [0.1, 0.15) is 45.7 Å². The van der Waals surface area contributed by atoms with Crippen molar-refractivity contribution in [2.24, 2.45) is 0 Å². The number of nitrogens with one attached hydrogen (secondary N) is 2. The Morgan fingerprint density at radius 2 is 2.06 bits per heavy atom. The van der Waals surface area contributed by atoms with Crippen LogP contribution in [-0.4, -0.2) is 55.3 Å². The molecule has 1 aliphatic rings. The summed E-state index contributed by atoms with van der Waals surface area (Å²) in [7, 11) is 0. The molecule has 3 aromatic rings. The second-order valence-corrected chi connectivity index (χ2v) is 11.0. The third-order valence-electron chi connectivity index (χ3n) is 5.82. The number of aromatic nitrogens is 2. The molecule has 11 heteroatoms. The molecule has 1 radical (unpaired) electrons. The van der Waals surface area contributed by atoms with Crippen molar-refractivity contribution in [1.82, 2.24) is 20.6 Å². The number of nitrogens with zero attached hydrogens (tertiary/aromatic N) is 2. The molecule has 4 rings (SSSR count). The predicted molar refractivity (Wildman–Crippen MR) is 135 cm³/mol. The van der Waals surface area contributed by atoms with E-state index in [1.807, 2.05) is 0 Å². The minimum atomic E-state index is -1.09. The normalized spacial score (nSPS) is 16.1. The van der Waals surface area contributed by atoms with E-state index in [1.54, 1.807) is 24.3 Å². The molecule has 1 aromatic heterocycles. The number of amides is 1. The van der Waals surface area contributed by atoms with Crippen LogP contribution in [-0.2, 0) is 5.21 Å². The van der Waals surface area contributed by atoms with E-state index < -0.39 is 33.3 Å². The van der Waals surface area contributed by atoms with Crippen LogP contribution in [0.3, 0.4) is 0 Å². The fourth-order valence-corrected chi connectivity index (χ4v) is 5.96. The van der Waals surface area contributed by atoms with E-state index in [0.29, 0.717) is 23.4 Å². The van der Waals surface area contributed by atoms with Crippen LogP contribution < -0.4 is 16.4 Å². The van der Waals surface area contributed by atoms with Crippen LogP contribution in [0.25, 0.3) is 11.3 Å². The van der Waals surface area contributed by atoms with Gasteiger partial charge in [0.05, 0.1) is 0 Å². The summed E-state index contributed by atoms with van der Waals surface area (Å²) in [5.41, 5.74) is 7.11. The molecule has 7 nitrogen and oxygen atoms in total. The van der Waals surface area contributed by atoms with Crippen molar-refractivity contribution in [3.8, 4) is 11.3 Å². The molecule has 1 atom stereocenters. The van der Waals surface area contributed by atoms with Crippen molar-refractivity contribution in [2.75, 3.05) is 18.8 Å². The SMILES string of the molecule is Nc1ncc(-c2cccc(C(=O)[As]Cc3c(F)ccc(Cl)c3F)c2)nc1C(=O)NC1CCCCNC1. The molecule has 0 spiro atoms. The maximum absolute atomic E-state index is 14.2. The molecule has 2 heterocycles. The van der Waals surface area contributed by atoms with E-state index in [1.165, 1.54) is 6.20 Å². The molecule has 1 saturated heterocycles. The van der Waals surface area contributed by atoms with Crippen LogP contribution in [0, 0.1) is 11.6 Å². The number of halogens is 3. The number of nitrogens with two attached hydrogens (primary N) is 1. The zero-order chi connectivity index (χ0) is 25.7. The van der Waals surface area contributed by atoms with Gasteiger partial charge in [0.1, 0.15) is 0 Å². The van der Waals surface area contributed by atoms with E-state index in [9.17, 15) is 18.4 Å². The second-order valence-electron chi connectivity index (χ2n) is 8.38. The van der Waals surface area contributed by atoms with Crippen LogP contribution in [0.5, 0.6) is 0 Å². The molecule has 1 aliphatic heterocycles. The molecule has 187 valence electrons. The molecule has 1 fully saturated rings. The summed E-state index contributed by atoms with van der Waals surface area (Å²) in [5, 5.41) is 6.03. The van der Waals surface area contributed by atoms with E-state index in [4.69, 9.17) is 17.3 Å². The first kappa shape index (κ1) is 26.2. The van der Waals surface area contributed by atoms with E-state index in [2.05, 4.69) is 20.6 Å². The average Bonchev–Trinajstić information content (AvgIpc) is 3.15. The number of anilines is 1. The Morgan fingerprint density at radius 1 is 1.22 bits per heavy atom. The van der Waals surface area contributed by atoms with Crippen LogP contribution >= 0.6 is 11.6 Å². The van der Waals surface area contributed by atoms with Gasteiger partial charge >= 0.3 is 206 Å². The molecule has 0 saturated carbocycles. The molecule has 4 N–H and O–H groups in total. The fourth-order valence-electron chi connectivity index (χ4n) is 3.87. The summed E-state index contributed by atoms with van der Waals surface area (Å²) in [4.78, 5) is 34.2. The minimum absolute atomic E-state index is 0.0145. The first-order valence-electron chi connectivity index (χ1n) is 11.4. The van der Waals surface area contributed by atoms with E-state index in [-0.39, 0.29) is 37.9 Å². The number of rotatable bonds is 7. The van der Waals surface area contributed by atoms with Gasteiger partial charge in [-0.1, -0.05) is 0 Å². The van der Waals surface area contributed by atoms with Crippen molar-refractivity contribution >= 4 is 43.6 Å². The second kappa shape index (κ2) is 11.9. The number of hydrogen-bond acceptors (Lipinski definition) is 6. The van der Waals surface area contributed by atoms with Crippen molar-refractivity contribution in [3.05, 3.63) is 76.1 Å². The van der Waals surface area contributed by atoms with Gasteiger partial charge in [-0.2, -0.15) is 0 Å². The van der Waals surface area contributed by atoms with Gasteiger partial charge in [-0.25, -0.2) is 0 Å². The van der Waals surface area contributed by atoms with Crippen molar-refractivity contribution in [2.45, 2.75) is 30.5 Å². The van der Waals surface area contributed by atoms with Crippen LogP contribution in [0.4, 0.5) is 14.6 Å². The maximum atomic E-state index is 14.2. The number of nitrogen functional groups attached to an aromatic ring is 1. The Hall–Kier alpha value is -2.87. The summed E-state index contributed by atoms with van der Waals surface area (Å²) in [5.74, 6) is -1.95. The van der Waals surface area contributed by atoms with Gasteiger partial charge in [-0.05, 0) is 13.0 Å². The molecule has 0 aliphatic carbocycles. The Bertz CT molecular complexity index is 1290. The van der Waals surface area contributed by atoms with Gasteiger partial charge in [0.15, 0.2) is 0 Å². The van der Waals surface area contributed by atoms with Crippen molar-refractivity contribution in [1.29, 1.82) is 0 Å². The first-order valence-corrected chi connectivity index (χ1v) is 14.1. The molecular weight excluding hydrogens is 551 g/mol. The zero-order valence-electron chi connectivity index (χ0n) is 19.2. The van der Waals surface area contributed by atoms with Crippen molar-refractivity contribution in [3.63, 3.8) is 0 Å². The molecule has 0 bridgehead atoms. The average molecular weight is 575 g/mol. The van der Waals surface area contributed by atoms with Gasteiger partial charge in [0.2, 0.25) is 0 Å². The van der Waals surface area contributed by atoms with Crippen LogP contribution in [0.2, 0.25) is 5.02 Å². The van der Waals surface area contributed by atoms with E-state index >= 15 is 0 Å². The van der Waals surface area contributed by atoms with Crippen molar-refractivity contribution < 1.29 is 18.4 Å². The standard InChI is InChI=1S/C25H24AsClF2N5O2/c27-18-7-8-19(28)17(21(18)29)11-26-23(35)15-5-3-4-14(10-15)20-13-32-24(30)22(34-20)25(36)33-16-6-1-2-9-31-12-16/h3-5,7-8,10,13,16,31H,1-2,6,9,11-12H2,(H2,30,32)(H,33,36). The van der Waals surface area contributed by atoms with Gasteiger partial charge in [-0.3, -0.25) is 0 Å². The summed E-state index contributed by atoms with van der Waals surface area (Å²) >= 11 is 4.65. The summed E-state index contributed by atoms with van der Waals surface area (Å²) in [6.07, 6.45) is 4.37. The third-order valence-corrected chi connectivity index (χ3v) is 8.25. The fraction of sp³-hybridized carbons (Fsp3) is 0.280. The van der Waals surface area contributed by atoms with Gasteiger partial charge in [0.25, 0.3) is 0 Å². The Morgan fingerprint density at radius 3 is 2.89 bits per heavy atom. The van der Waals surface area contributed by atoms with Gasteiger partial charge in [0, 0.05) is 0 Å². The third kappa shape index (κ3) is 6.27. The summed E-state index contributed by atoms with van der Waals surface area (Å²) in [6, 6.07) is 8.88. The Kier molecular flexibility index (Phi) is 8.67. The van der Waals surface area contributed by atoms with Gasteiger partial charge < -0.3 is 0 Å². The number of carbonyl (C=O) groups is 2. The molecule has 1 unspecified atom stereocenters. The number of benzene rings is 2. The predicted octanol–water partition coefficient (Wildman–Crippen LogP) is 3.57. The number of carbonyl (C=O) groups excluding carboxylic acids is 2. The van der Waals surface area contributed by atoms with Crippen LogP contribution in [0.15, 0.2) is 42.6 Å². The quantitative estimate of drug-likeness (QED) is 0.294. The monoisotopic (exact) mass is 574 g/mol. The molecule has 1 amide bonds. The zero-order valence-corrected chi connectivity index (χ0v) is 21.9. The Labute approximate surface area is 218 Å².